The van der Waals surface area contributed by atoms with Crippen molar-refractivity contribution < 1.29 is 28.6 Å². The third-order valence-electron chi connectivity index (χ3n) is 5.14. The molecule has 3 rings (SSSR count). The van der Waals surface area contributed by atoms with E-state index in [0.717, 1.165) is 28.7 Å². The first-order chi connectivity index (χ1) is 15.6. The SMILES string of the molecule is C=C(C)C(=O)Oc1ccc(-c2ccc3c(c2)CCC3OC(=O)C(=C)C)cc1OC(=O)C(=C)C. The average molecular weight is 446 g/mol. The molecule has 1 unspecified atom stereocenters. The molecule has 6 nitrogen and oxygen atoms in total. The Morgan fingerprint density at radius 2 is 1.30 bits per heavy atom. The van der Waals surface area contributed by atoms with E-state index in [-0.39, 0.29) is 28.7 Å². The second-order valence-electron chi connectivity index (χ2n) is 8.13. The zero-order valence-electron chi connectivity index (χ0n) is 19.0. The summed E-state index contributed by atoms with van der Waals surface area (Å²) in [6.45, 7) is 15.5. The summed E-state index contributed by atoms with van der Waals surface area (Å²) in [7, 11) is 0. The van der Waals surface area contributed by atoms with E-state index in [0.29, 0.717) is 12.0 Å². The molecule has 0 amide bonds. The van der Waals surface area contributed by atoms with Crippen molar-refractivity contribution in [2.45, 2.75) is 39.7 Å². The molecule has 0 fully saturated rings. The normalized spacial score (nSPS) is 14.1. The summed E-state index contributed by atoms with van der Waals surface area (Å²) in [4.78, 5) is 36.0. The fourth-order valence-electron chi connectivity index (χ4n) is 3.34. The van der Waals surface area contributed by atoms with Crippen molar-refractivity contribution in [3.05, 3.63) is 84.0 Å². The van der Waals surface area contributed by atoms with Crippen LogP contribution in [0.1, 0.15) is 44.4 Å². The molecular weight excluding hydrogens is 420 g/mol. The molecule has 1 aliphatic carbocycles. The molecule has 0 aromatic heterocycles. The van der Waals surface area contributed by atoms with Crippen LogP contribution in [0.4, 0.5) is 0 Å². The number of hydrogen-bond donors (Lipinski definition) is 0. The topological polar surface area (TPSA) is 78.9 Å². The van der Waals surface area contributed by atoms with Crippen molar-refractivity contribution in [2.75, 3.05) is 0 Å². The molecule has 0 saturated carbocycles. The summed E-state index contributed by atoms with van der Waals surface area (Å²) in [5, 5.41) is 0. The number of hydrogen-bond acceptors (Lipinski definition) is 6. The maximum absolute atomic E-state index is 12.1. The van der Waals surface area contributed by atoms with Crippen LogP contribution < -0.4 is 9.47 Å². The van der Waals surface area contributed by atoms with E-state index in [2.05, 4.69) is 19.7 Å². The summed E-state index contributed by atoms with van der Waals surface area (Å²) in [6, 6.07) is 10.8. The van der Waals surface area contributed by atoms with Crippen LogP contribution in [0.25, 0.3) is 11.1 Å². The number of rotatable bonds is 7. The Kier molecular flexibility index (Phi) is 6.97. The van der Waals surface area contributed by atoms with E-state index in [9.17, 15) is 14.4 Å². The number of ether oxygens (including phenoxy) is 3. The predicted octanol–water partition coefficient (Wildman–Crippen LogP) is 5.42. The smallest absolute Gasteiger partial charge is 0.338 e. The van der Waals surface area contributed by atoms with Crippen LogP contribution in [0.5, 0.6) is 11.5 Å². The zero-order chi connectivity index (χ0) is 24.3. The molecule has 1 aliphatic rings. The Balaban J connectivity index is 1.93. The predicted molar refractivity (Wildman–Crippen MR) is 125 cm³/mol. The molecule has 0 N–H and O–H groups in total. The fraction of sp³-hybridized carbons (Fsp3) is 0.222. The Hall–Kier alpha value is -3.93. The fourth-order valence-corrected chi connectivity index (χ4v) is 3.34. The average Bonchev–Trinajstić information content (AvgIpc) is 3.16. The Bertz CT molecular complexity index is 1190. The maximum atomic E-state index is 12.1. The summed E-state index contributed by atoms with van der Waals surface area (Å²) in [6.07, 6.45) is 1.17. The number of benzene rings is 2. The summed E-state index contributed by atoms with van der Waals surface area (Å²) in [5.41, 5.74) is 4.48. The third kappa shape index (κ3) is 5.47. The van der Waals surface area contributed by atoms with Gasteiger partial charge in [-0.15, -0.1) is 0 Å². The van der Waals surface area contributed by atoms with Crippen LogP contribution in [0.3, 0.4) is 0 Å². The zero-order valence-corrected chi connectivity index (χ0v) is 19.0. The van der Waals surface area contributed by atoms with Gasteiger partial charge in [-0.1, -0.05) is 44.0 Å². The molecule has 0 heterocycles. The molecule has 170 valence electrons. The minimum atomic E-state index is -0.629. The van der Waals surface area contributed by atoms with Gasteiger partial charge in [0.2, 0.25) is 0 Å². The molecule has 2 aromatic carbocycles. The highest BCUT2D eigenvalue weighted by Gasteiger charge is 2.26. The summed E-state index contributed by atoms with van der Waals surface area (Å²) in [5.74, 6) is -1.45. The van der Waals surface area contributed by atoms with E-state index < -0.39 is 17.9 Å². The van der Waals surface area contributed by atoms with Gasteiger partial charge in [0.05, 0.1) is 0 Å². The van der Waals surface area contributed by atoms with Gasteiger partial charge in [0.25, 0.3) is 0 Å². The van der Waals surface area contributed by atoms with Crippen LogP contribution >= 0.6 is 0 Å². The van der Waals surface area contributed by atoms with Gasteiger partial charge in [-0.25, -0.2) is 14.4 Å². The molecule has 1 atom stereocenters. The first-order valence-corrected chi connectivity index (χ1v) is 10.5. The Morgan fingerprint density at radius 1 is 0.758 bits per heavy atom. The van der Waals surface area contributed by atoms with Gasteiger partial charge in [-0.05, 0) is 68.0 Å². The van der Waals surface area contributed by atoms with E-state index in [1.54, 1.807) is 25.1 Å². The second-order valence-corrected chi connectivity index (χ2v) is 8.13. The first-order valence-electron chi connectivity index (χ1n) is 10.5. The standard InChI is InChI=1S/C27H26O6/c1-15(2)25(28)31-22-11-9-20-13-18(7-10-21(20)22)19-8-12-23(32-26(29)16(3)4)24(14-19)33-27(30)17(5)6/h7-8,10,12-14,22H,1,3,5,9,11H2,2,4,6H3. The lowest BCUT2D eigenvalue weighted by Crippen LogP contribution is -2.12. The van der Waals surface area contributed by atoms with E-state index in [4.69, 9.17) is 14.2 Å². The van der Waals surface area contributed by atoms with Crippen LogP contribution in [0, 0.1) is 0 Å². The van der Waals surface area contributed by atoms with Gasteiger partial charge in [-0.3, -0.25) is 0 Å². The monoisotopic (exact) mass is 446 g/mol. The maximum Gasteiger partial charge on any atom is 0.338 e. The van der Waals surface area contributed by atoms with Crippen LogP contribution in [-0.2, 0) is 25.5 Å². The molecule has 0 radical (unpaired) electrons. The van der Waals surface area contributed by atoms with Crippen molar-refractivity contribution in [1.82, 2.24) is 0 Å². The Morgan fingerprint density at radius 3 is 1.91 bits per heavy atom. The van der Waals surface area contributed by atoms with Gasteiger partial charge in [-0.2, -0.15) is 0 Å². The highest BCUT2D eigenvalue weighted by atomic mass is 16.6. The molecule has 0 spiro atoms. The molecule has 0 saturated heterocycles. The van der Waals surface area contributed by atoms with Crippen molar-refractivity contribution in [3.8, 4) is 22.6 Å². The largest absolute Gasteiger partial charge is 0.454 e. The number of esters is 3. The van der Waals surface area contributed by atoms with Gasteiger partial charge in [0.15, 0.2) is 11.5 Å². The van der Waals surface area contributed by atoms with Crippen LogP contribution in [0.15, 0.2) is 72.9 Å². The molecule has 0 aliphatic heterocycles. The van der Waals surface area contributed by atoms with Crippen molar-refractivity contribution in [2.24, 2.45) is 0 Å². The van der Waals surface area contributed by atoms with Crippen molar-refractivity contribution in [1.29, 1.82) is 0 Å². The summed E-state index contributed by atoms with van der Waals surface area (Å²) >= 11 is 0. The molecule has 0 bridgehead atoms. The van der Waals surface area contributed by atoms with Crippen LogP contribution in [0.2, 0.25) is 0 Å². The minimum absolute atomic E-state index is 0.101. The van der Waals surface area contributed by atoms with E-state index in [1.165, 1.54) is 13.8 Å². The molecule has 33 heavy (non-hydrogen) atoms. The number of aryl methyl sites for hydroxylation is 1. The number of carbonyl (C=O) groups excluding carboxylic acids is 3. The highest BCUT2D eigenvalue weighted by molar-refractivity contribution is 5.91. The number of carbonyl (C=O) groups is 3. The summed E-state index contributed by atoms with van der Waals surface area (Å²) < 4.78 is 16.3. The third-order valence-corrected chi connectivity index (χ3v) is 5.14. The second kappa shape index (κ2) is 9.69. The van der Waals surface area contributed by atoms with Crippen molar-refractivity contribution in [3.63, 3.8) is 0 Å². The van der Waals surface area contributed by atoms with E-state index in [1.807, 2.05) is 18.2 Å². The molecule has 6 heteroatoms. The van der Waals surface area contributed by atoms with Crippen molar-refractivity contribution >= 4 is 17.9 Å². The minimum Gasteiger partial charge on any atom is -0.454 e. The molecule has 2 aromatic rings. The highest BCUT2D eigenvalue weighted by Crippen LogP contribution is 2.39. The van der Waals surface area contributed by atoms with Gasteiger partial charge in [0, 0.05) is 16.7 Å². The lowest BCUT2D eigenvalue weighted by molar-refractivity contribution is -0.144. The van der Waals surface area contributed by atoms with Gasteiger partial charge >= 0.3 is 17.9 Å². The van der Waals surface area contributed by atoms with E-state index >= 15 is 0 Å². The lowest BCUT2D eigenvalue weighted by Gasteiger charge is -2.15. The number of fused-ring (bicyclic) bond motifs is 1. The lowest BCUT2D eigenvalue weighted by atomic mass is 9.99. The molecular formula is C27H26O6. The Labute approximate surface area is 193 Å². The van der Waals surface area contributed by atoms with Crippen LogP contribution in [-0.4, -0.2) is 17.9 Å². The van der Waals surface area contributed by atoms with Gasteiger partial charge < -0.3 is 14.2 Å². The van der Waals surface area contributed by atoms with Gasteiger partial charge in [0.1, 0.15) is 6.10 Å². The quantitative estimate of drug-likeness (QED) is 0.321. The first kappa shape index (κ1) is 23.7.